The van der Waals surface area contributed by atoms with Crippen molar-refractivity contribution < 1.29 is 9.59 Å². The second-order valence-corrected chi connectivity index (χ2v) is 10.3. The van der Waals surface area contributed by atoms with Gasteiger partial charge in [-0.05, 0) is 71.4 Å². The maximum atomic E-state index is 13.1. The van der Waals surface area contributed by atoms with Gasteiger partial charge in [-0.25, -0.2) is 0 Å². The smallest absolute Gasteiger partial charge is 0.224 e. The molecule has 4 aromatic carbocycles. The monoisotopic (exact) mass is 505 g/mol. The van der Waals surface area contributed by atoms with Gasteiger partial charge < -0.3 is 16.4 Å². The lowest BCUT2D eigenvalue weighted by molar-refractivity contribution is -0.126. The molecule has 2 atom stereocenters. The standard InChI is InChI=1S/C33H35N3O2/c34-32(37)30(21-23-9-11-25-5-1-3-7-28(25)19-23)13-14-31(36-33(38)27-15-17-35-18-16-27)22-24-10-12-26-6-2-4-8-29(26)20-24/h1-14,19-20,27,30-31,35H,15-18,21-22H2,(H2,34,37)(H,36,38)/b14-13+. The molecule has 0 radical (unpaired) electrons. The molecule has 2 amide bonds. The van der Waals surface area contributed by atoms with Crippen LogP contribution in [0.2, 0.25) is 0 Å². The van der Waals surface area contributed by atoms with Crippen molar-refractivity contribution in [1.82, 2.24) is 10.6 Å². The molecule has 1 heterocycles. The Morgan fingerprint density at radius 3 is 1.92 bits per heavy atom. The predicted molar refractivity (Wildman–Crippen MR) is 155 cm³/mol. The molecule has 38 heavy (non-hydrogen) atoms. The maximum absolute atomic E-state index is 13.1. The molecule has 0 spiro atoms. The number of nitrogens with two attached hydrogens (primary N) is 1. The summed E-state index contributed by atoms with van der Waals surface area (Å²) in [5.41, 5.74) is 8.02. The molecular formula is C33H35N3O2. The number of rotatable bonds is 9. The molecule has 0 saturated carbocycles. The molecule has 0 bridgehead atoms. The molecule has 1 fully saturated rings. The maximum Gasteiger partial charge on any atom is 0.224 e. The summed E-state index contributed by atoms with van der Waals surface area (Å²) >= 11 is 0. The number of nitrogens with one attached hydrogen (secondary N) is 2. The summed E-state index contributed by atoms with van der Waals surface area (Å²) in [5, 5.41) is 11.2. The number of carbonyl (C=O) groups is 2. The van der Waals surface area contributed by atoms with Crippen molar-refractivity contribution in [2.45, 2.75) is 31.7 Å². The van der Waals surface area contributed by atoms with E-state index in [1.807, 2.05) is 36.4 Å². The van der Waals surface area contributed by atoms with Crippen molar-refractivity contribution in [3.63, 3.8) is 0 Å². The van der Waals surface area contributed by atoms with E-state index in [9.17, 15) is 9.59 Å². The van der Waals surface area contributed by atoms with Crippen LogP contribution in [0.15, 0.2) is 97.1 Å². The van der Waals surface area contributed by atoms with Gasteiger partial charge in [-0.15, -0.1) is 0 Å². The summed E-state index contributed by atoms with van der Waals surface area (Å²) < 4.78 is 0. The third-order valence-corrected chi connectivity index (χ3v) is 7.52. The summed E-state index contributed by atoms with van der Waals surface area (Å²) in [7, 11) is 0. The highest BCUT2D eigenvalue weighted by Crippen LogP contribution is 2.21. The predicted octanol–water partition coefficient (Wildman–Crippen LogP) is 4.92. The average Bonchev–Trinajstić information content (AvgIpc) is 2.95. The molecule has 194 valence electrons. The van der Waals surface area contributed by atoms with Gasteiger partial charge in [0.2, 0.25) is 11.8 Å². The minimum Gasteiger partial charge on any atom is -0.369 e. The van der Waals surface area contributed by atoms with Crippen LogP contribution in [0.25, 0.3) is 21.5 Å². The Morgan fingerprint density at radius 2 is 1.34 bits per heavy atom. The van der Waals surface area contributed by atoms with Crippen molar-refractivity contribution in [3.05, 3.63) is 108 Å². The zero-order valence-corrected chi connectivity index (χ0v) is 21.6. The van der Waals surface area contributed by atoms with Gasteiger partial charge in [-0.3, -0.25) is 9.59 Å². The van der Waals surface area contributed by atoms with E-state index in [-0.39, 0.29) is 23.8 Å². The van der Waals surface area contributed by atoms with Gasteiger partial charge in [0.25, 0.3) is 0 Å². The number of primary amides is 1. The first-order valence-electron chi connectivity index (χ1n) is 13.5. The van der Waals surface area contributed by atoms with E-state index in [0.29, 0.717) is 12.8 Å². The lowest BCUT2D eigenvalue weighted by Gasteiger charge is -2.24. The molecule has 1 aliphatic heterocycles. The Morgan fingerprint density at radius 1 is 0.789 bits per heavy atom. The normalized spacial score (nSPS) is 16.0. The molecule has 4 aromatic rings. The number of piperidine rings is 1. The van der Waals surface area contributed by atoms with Gasteiger partial charge in [-0.2, -0.15) is 0 Å². The summed E-state index contributed by atoms with van der Waals surface area (Å²) in [4.78, 5) is 25.6. The van der Waals surface area contributed by atoms with E-state index in [2.05, 4.69) is 71.3 Å². The van der Waals surface area contributed by atoms with Crippen LogP contribution in [0.3, 0.4) is 0 Å². The SMILES string of the molecule is NC(=O)C(/C=C/C(Cc1ccc2ccccc2c1)NC(=O)C1CCNCC1)Cc1ccc2ccccc2c1. The molecule has 5 rings (SSSR count). The molecule has 0 aliphatic carbocycles. The molecule has 1 saturated heterocycles. The van der Waals surface area contributed by atoms with E-state index < -0.39 is 5.92 Å². The van der Waals surface area contributed by atoms with Crippen molar-refractivity contribution >= 4 is 33.4 Å². The molecule has 2 unspecified atom stereocenters. The minimum atomic E-state index is -0.467. The molecule has 5 heteroatoms. The Hall–Kier alpha value is -3.96. The molecular weight excluding hydrogens is 470 g/mol. The van der Waals surface area contributed by atoms with Crippen LogP contribution < -0.4 is 16.4 Å². The highest BCUT2D eigenvalue weighted by atomic mass is 16.2. The number of fused-ring (bicyclic) bond motifs is 2. The van der Waals surface area contributed by atoms with E-state index >= 15 is 0 Å². The van der Waals surface area contributed by atoms with Gasteiger partial charge in [0.15, 0.2) is 0 Å². The van der Waals surface area contributed by atoms with Crippen LogP contribution in [0.1, 0.15) is 24.0 Å². The van der Waals surface area contributed by atoms with E-state index in [4.69, 9.17) is 5.73 Å². The number of carbonyl (C=O) groups excluding carboxylic acids is 2. The Labute approximate surface area is 224 Å². The summed E-state index contributed by atoms with van der Waals surface area (Å²) in [6, 6.07) is 28.9. The summed E-state index contributed by atoms with van der Waals surface area (Å²) in [6.07, 6.45) is 6.67. The number of hydrogen-bond acceptors (Lipinski definition) is 3. The highest BCUT2D eigenvalue weighted by Gasteiger charge is 2.23. The third kappa shape index (κ3) is 6.48. The first-order valence-corrected chi connectivity index (χ1v) is 13.5. The van der Waals surface area contributed by atoms with Gasteiger partial charge in [-0.1, -0.05) is 97.1 Å². The molecule has 4 N–H and O–H groups in total. The minimum absolute atomic E-state index is 0.00768. The van der Waals surface area contributed by atoms with E-state index in [0.717, 1.165) is 42.4 Å². The average molecular weight is 506 g/mol. The fourth-order valence-corrected chi connectivity index (χ4v) is 5.32. The van der Waals surface area contributed by atoms with Crippen LogP contribution >= 0.6 is 0 Å². The quantitative estimate of drug-likeness (QED) is 0.282. The zero-order chi connectivity index (χ0) is 26.3. The first kappa shape index (κ1) is 25.7. The Balaban J connectivity index is 1.36. The van der Waals surface area contributed by atoms with Crippen LogP contribution in [-0.2, 0) is 22.4 Å². The lowest BCUT2D eigenvalue weighted by Crippen LogP contribution is -2.43. The molecule has 1 aliphatic rings. The fraction of sp³-hybridized carbons (Fsp3) is 0.273. The molecule has 0 aromatic heterocycles. The second kappa shape index (κ2) is 12.1. The fourth-order valence-electron chi connectivity index (χ4n) is 5.32. The number of amides is 2. The van der Waals surface area contributed by atoms with Crippen LogP contribution in [-0.4, -0.2) is 30.9 Å². The van der Waals surface area contributed by atoms with Gasteiger partial charge in [0, 0.05) is 5.92 Å². The topological polar surface area (TPSA) is 84.2 Å². The number of hydrogen-bond donors (Lipinski definition) is 3. The van der Waals surface area contributed by atoms with E-state index in [1.54, 1.807) is 0 Å². The number of benzene rings is 4. The second-order valence-electron chi connectivity index (χ2n) is 10.3. The van der Waals surface area contributed by atoms with E-state index in [1.165, 1.54) is 16.2 Å². The van der Waals surface area contributed by atoms with Crippen molar-refractivity contribution in [3.8, 4) is 0 Å². The third-order valence-electron chi connectivity index (χ3n) is 7.52. The zero-order valence-electron chi connectivity index (χ0n) is 21.6. The summed E-state index contributed by atoms with van der Waals surface area (Å²) in [6.45, 7) is 1.72. The van der Waals surface area contributed by atoms with Gasteiger partial charge in [0.05, 0.1) is 12.0 Å². The molecule has 5 nitrogen and oxygen atoms in total. The van der Waals surface area contributed by atoms with Gasteiger partial charge in [0.1, 0.15) is 0 Å². The van der Waals surface area contributed by atoms with Gasteiger partial charge >= 0.3 is 0 Å². The van der Waals surface area contributed by atoms with Crippen LogP contribution in [0.4, 0.5) is 0 Å². The van der Waals surface area contributed by atoms with Crippen molar-refractivity contribution in [1.29, 1.82) is 0 Å². The van der Waals surface area contributed by atoms with Crippen molar-refractivity contribution in [2.75, 3.05) is 13.1 Å². The largest absolute Gasteiger partial charge is 0.369 e. The van der Waals surface area contributed by atoms with Crippen LogP contribution in [0.5, 0.6) is 0 Å². The Bertz CT molecular complexity index is 1460. The lowest BCUT2D eigenvalue weighted by atomic mass is 9.93. The van der Waals surface area contributed by atoms with Crippen LogP contribution in [0, 0.1) is 11.8 Å². The first-order chi connectivity index (χ1) is 18.5. The summed E-state index contributed by atoms with van der Waals surface area (Å²) in [5.74, 6) is -0.755. The van der Waals surface area contributed by atoms with Crippen molar-refractivity contribution in [2.24, 2.45) is 17.6 Å². The Kier molecular flexibility index (Phi) is 8.15. The highest BCUT2D eigenvalue weighted by molar-refractivity contribution is 5.84.